The zero-order chi connectivity index (χ0) is 23.2. The fourth-order valence-electron chi connectivity index (χ4n) is 6.14. The summed E-state index contributed by atoms with van der Waals surface area (Å²) in [6.07, 6.45) is -2.56. The van der Waals surface area contributed by atoms with Crippen LogP contribution in [0.5, 0.6) is 0 Å². The predicted octanol–water partition coefficient (Wildman–Crippen LogP) is 1.91. The molecule has 5 unspecified atom stereocenters. The van der Waals surface area contributed by atoms with Gasteiger partial charge in [0.15, 0.2) is 0 Å². The number of alkyl halides is 3. The summed E-state index contributed by atoms with van der Waals surface area (Å²) in [5.74, 6) is -1.11. The summed E-state index contributed by atoms with van der Waals surface area (Å²) in [5.41, 5.74) is 7.59. The van der Waals surface area contributed by atoms with E-state index in [0.717, 1.165) is 16.9 Å². The fraction of sp³-hybridized carbons (Fsp3) is 0.652. The maximum atomic E-state index is 13.4. The van der Waals surface area contributed by atoms with E-state index in [2.05, 4.69) is 10.9 Å². The van der Waals surface area contributed by atoms with Gasteiger partial charge in [-0.1, -0.05) is 18.2 Å². The number of hydrogen-bond acceptors (Lipinski definition) is 5. The molecule has 10 heteroatoms. The van der Waals surface area contributed by atoms with Gasteiger partial charge >= 0.3 is 6.18 Å². The molecule has 1 aliphatic carbocycles. The lowest BCUT2D eigenvalue weighted by Crippen LogP contribution is -2.63. The Morgan fingerprint density at radius 3 is 2.67 bits per heavy atom. The van der Waals surface area contributed by atoms with E-state index in [4.69, 9.17) is 4.74 Å². The van der Waals surface area contributed by atoms with Crippen molar-refractivity contribution in [2.24, 2.45) is 11.8 Å². The van der Waals surface area contributed by atoms with Crippen LogP contribution >= 0.6 is 0 Å². The molecule has 3 heterocycles. The second-order valence-corrected chi connectivity index (χ2v) is 9.47. The van der Waals surface area contributed by atoms with Crippen molar-refractivity contribution in [3.63, 3.8) is 0 Å². The standard InChI is InChI=1S/C23H29F3N4O3/c24-23(25,26)13-30-19-11-14(5-6-17(19)20-18(22(30)32)12-27-28-20)15-3-1-2-4-16(15)21(31)29-7-9-33-10-8-29/h1-4,14,17-20,27-28H,5-13H2. The molecule has 4 fully saturated rings. The van der Waals surface area contributed by atoms with E-state index in [1.165, 1.54) is 0 Å². The van der Waals surface area contributed by atoms with Gasteiger partial charge in [0.05, 0.1) is 19.1 Å². The summed E-state index contributed by atoms with van der Waals surface area (Å²) in [5, 5.41) is 0. The van der Waals surface area contributed by atoms with Gasteiger partial charge in [0.25, 0.3) is 5.91 Å². The Morgan fingerprint density at radius 1 is 1.15 bits per heavy atom. The van der Waals surface area contributed by atoms with Crippen molar-refractivity contribution in [1.82, 2.24) is 20.7 Å². The lowest BCUT2D eigenvalue weighted by Gasteiger charge is -2.50. The lowest BCUT2D eigenvalue weighted by atomic mass is 9.67. The van der Waals surface area contributed by atoms with E-state index in [9.17, 15) is 22.8 Å². The molecule has 0 aromatic heterocycles. The van der Waals surface area contributed by atoms with Gasteiger partial charge in [-0.3, -0.25) is 20.4 Å². The molecule has 4 aliphatic rings. The minimum Gasteiger partial charge on any atom is -0.378 e. The zero-order valence-electron chi connectivity index (χ0n) is 18.3. The zero-order valence-corrected chi connectivity index (χ0v) is 18.3. The third-order valence-electron chi connectivity index (χ3n) is 7.63. The Balaban J connectivity index is 1.42. The summed E-state index contributed by atoms with van der Waals surface area (Å²) in [4.78, 5) is 29.1. The number of piperidine rings is 1. The molecule has 0 spiro atoms. The summed E-state index contributed by atoms with van der Waals surface area (Å²) >= 11 is 0. The second kappa shape index (κ2) is 8.88. The highest BCUT2D eigenvalue weighted by molar-refractivity contribution is 5.96. The number of rotatable bonds is 3. The summed E-state index contributed by atoms with van der Waals surface area (Å²) in [6, 6.07) is 6.74. The number of ether oxygens (including phenoxy) is 1. The van der Waals surface area contributed by atoms with Crippen LogP contribution in [0.4, 0.5) is 13.2 Å². The van der Waals surface area contributed by atoms with E-state index < -0.39 is 30.6 Å². The number of carbonyl (C=O) groups is 2. The quantitative estimate of drug-likeness (QED) is 0.712. The first-order valence-electron chi connectivity index (χ1n) is 11.6. The van der Waals surface area contributed by atoms with Crippen molar-refractivity contribution in [1.29, 1.82) is 0 Å². The van der Waals surface area contributed by atoms with Crippen molar-refractivity contribution in [3.8, 4) is 0 Å². The Bertz CT molecular complexity index is 905. The number of likely N-dealkylation sites (tertiary alicyclic amines) is 1. The maximum absolute atomic E-state index is 13.4. The number of hydrogen-bond donors (Lipinski definition) is 2. The van der Waals surface area contributed by atoms with Crippen molar-refractivity contribution in [2.45, 2.75) is 43.4 Å². The third-order valence-corrected chi connectivity index (χ3v) is 7.63. The van der Waals surface area contributed by atoms with Gasteiger partial charge < -0.3 is 14.5 Å². The molecule has 1 aromatic carbocycles. The summed E-state index contributed by atoms with van der Waals surface area (Å²) in [7, 11) is 0. The van der Waals surface area contributed by atoms with Crippen LogP contribution < -0.4 is 10.9 Å². The van der Waals surface area contributed by atoms with Gasteiger partial charge in [0.1, 0.15) is 6.54 Å². The molecule has 33 heavy (non-hydrogen) atoms. The van der Waals surface area contributed by atoms with Crippen LogP contribution in [0.15, 0.2) is 24.3 Å². The van der Waals surface area contributed by atoms with E-state index >= 15 is 0 Å². The average Bonchev–Trinajstić information content (AvgIpc) is 3.31. The van der Waals surface area contributed by atoms with Gasteiger partial charge in [-0.15, -0.1) is 0 Å². The number of fused-ring (bicyclic) bond motifs is 3. The first-order valence-corrected chi connectivity index (χ1v) is 11.6. The summed E-state index contributed by atoms with van der Waals surface area (Å²) in [6.45, 7) is 1.17. The number of hydrazine groups is 1. The van der Waals surface area contributed by atoms with Crippen LogP contribution in [0.1, 0.15) is 41.1 Å². The minimum atomic E-state index is -4.45. The highest BCUT2D eigenvalue weighted by Gasteiger charge is 2.54. The van der Waals surface area contributed by atoms with E-state index in [-0.39, 0.29) is 23.8 Å². The van der Waals surface area contributed by atoms with E-state index in [0.29, 0.717) is 51.3 Å². The fourth-order valence-corrected chi connectivity index (χ4v) is 6.14. The van der Waals surface area contributed by atoms with E-state index in [1.54, 1.807) is 11.0 Å². The molecule has 1 aromatic rings. The molecular formula is C23H29F3N4O3. The number of nitrogens with zero attached hydrogens (tertiary/aromatic N) is 2. The molecule has 3 saturated heterocycles. The topological polar surface area (TPSA) is 73.9 Å². The smallest absolute Gasteiger partial charge is 0.378 e. The van der Waals surface area contributed by atoms with Crippen molar-refractivity contribution >= 4 is 11.8 Å². The van der Waals surface area contributed by atoms with Crippen molar-refractivity contribution < 1.29 is 27.5 Å². The minimum absolute atomic E-state index is 0.0524. The molecule has 5 rings (SSSR count). The molecule has 3 aliphatic heterocycles. The molecule has 0 radical (unpaired) electrons. The van der Waals surface area contributed by atoms with Gasteiger partial charge in [0, 0.05) is 37.3 Å². The highest BCUT2D eigenvalue weighted by atomic mass is 19.4. The van der Waals surface area contributed by atoms with Crippen LogP contribution in [0.2, 0.25) is 0 Å². The predicted molar refractivity (Wildman–Crippen MR) is 113 cm³/mol. The van der Waals surface area contributed by atoms with Crippen LogP contribution in [-0.4, -0.2) is 79.3 Å². The van der Waals surface area contributed by atoms with Crippen molar-refractivity contribution in [3.05, 3.63) is 35.4 Å². The van der Waals surface area contributed by atoms with Gasteiger partial charge in [-0.2, -0.15) is 13.2 Å². The molecule has 180 valence electrons. The maximum Gasteiger partial charge on any atom is 0.406 e. The number of benzene rings is 1. The average molecular weight is 467 g/mol. The third kappa shape index (κ3) is 4.36. The van der Waals surface area contributed by atoms with Crippen LogP contribution in [0.25, 0.3) is 0 Å². The van der Waals surface area contributed by atoms with Gasteiger partial charge in [0.2, 0.25) is 5.91 Å². The number of amides is 2. The monoisotopic (exact) mass is 466 g/mol. The van der Waals surface area contributed by atoms with Crippen LogP contribution in [0, 0.1) is 11.8 Å². The lowest BCUT2D eigenvalue weighted by molar-refractivity contribution is -0.178. The highest BCUT2D eigenvalue weighted by Crippen LogP contribution is 2.46. The summed E-state index contributed by atoms with van der Waals surface area (Å²) < 4.78 is 45.6. The Hall–Kier alpha value is -2.17. The number of nitrogens with one attached hydrogen (secondary N) is 2. The molecule has 0 bridgehead atoms. The molecule has 2 N–H and O–H groups in total. The van der Waals surface area contributed by atoms with Gasteiger partial charge in [-0.05, 0) is 42.7 Å². The van der Waals surface area contributed by atoms with Gasteiger partial charge in [-0.25, -0.2) is 0 Å². The Morgan fingerprint density at radius 2 is 1.91 bits per heavy atom. The Labute approximate surface area is 190 Å². The number of halogens is 3. The Kier molecular flexibility index (Phi) is 6.09. The molecule has 7 nitrogen and oxygen atoms in total. The van der Waals surface area contributed by atoms with Crippen molar-refractivity contribution in [2.75, 3.05) is 39.4 Å². The molecule has 2 amide bonds. The van der Waals surface area contributed by atoms with E-state index in [1.807, 2.05) is 18.2 Å². The second-order valence-electron chi connectivity index (χ2n) is 9.47. The molecular weight excluding hydrogens is 437 g/mol. The van der Waals surface area contributed by atoms with Crippen LogP contribution in [-0.2, 0) is 9.53 Å². The largest absolute Gasteiger partial charge is 0.406 e. The SMILES string of the molecule is O=C(c1ccccc1C1CCC2C3NNCC3C(=O)N(CC(F)(F)F)C2C1)N1CCOCC1. The molecule has 5 atom stereocenters. The van der Waals surface area contributed by atoms with Crippen LogP contribution in [0.3, 0.4) is 0 Å². The number of morpholine rings is 1. The molecule has 1 saturated carbocycles. The normalized spacial score (nSPS) is 32.5. The first-order chi connectivity index (χ1) is 15.8. The first kappa shape index (κ1) is 22.6. The number of carbonyl (C=O) groups excluding carboxylic acids is 2.